The summed E-state index contributed by atoms with van der Waals surface area (Å²) in [5, 5.41) is 0. The number of hydrogen-bond acceptors (Lipinski definition) is 3. The predicted octanol–water partition coefficient (Wildman–Crippen LogP) is 2.11. The van der Waals surface area contributed by atoms with E-state index in [1.807, 2.05) is 0 Å². The first-order valence-corrected chi connectivity index (χ1v) is 6.94. The Morgan fingerprint density at radius 1 is 1.27 bits per heavy atom. The first-order valence-electron chi connectivity index (χ1n) is 6.31. The Balaban J connectivity index is 2.15. The molecular weight excluding hydrogens is 204 g/mol. The lowest BCUT2D eigenvalue weighted by Crippen LogP contribution is -2.43. The molecule has 0 aromatic rings. The monoisotopic (exact) mass is 230 g/mol. The molecule has 1 heterocycles. The minimum atomic E-state index is 0.827. The Kier molecular flexibility index (Phi) is 6.69. The number of rotatable bonds is 6. The van der Waals surface area contributed by atoms with Crippen LogP contribution in [-0.4, -0.2) is 54.8 Å². The van der Waals surface area contributed by atoms with Crippen molar-refractivity contribution in [3.05, 3.63) is 0 Å². The van der Waals surface area contributed by atoms with Gasteiger partial charge in [-0.3, -0.25) is 0 Å². The summed E-state index contributed by atoms with van der Waals surface area (Å²) in [7, 11) is 2.28. The summed E-state index contributed by atoms with van der Waals surface area (Å²) in [6.07, 6.45) is 5.26. The average Bonchev–Trinajstić information content (AvgIpc) is 2.29. The number of nitrogens with zero attached hydrogens (tertiary/aromatic N) is 2. The van der Waals surface area contributed by atoms with E-state index in [0.29, 0.717) is 0 Å². The molecule has 3 heteroatoms. The highest BCUT2D eigenvalue weighted by molar-refractivity contribution is 7.80. The summed E-state index contributed by atoms with van der Waals surface area (Å²) in [6.45, 7) is 7.31. The molecule has 1 saturated heterocycles. The highest BCUT2D eigenvalue weighted by atomic mass is 32.1. The number of unbranched alkanes of at least 4 members (excludes halogenated alkanes) is 1. The second kappa shape index (κ2) is 7.53. The van der Waals surface area contributed by atoms with Crippen LogP contribution in [0.2, 0.25) is 0 Å². The first kappa shape index (κ1) is 13.3. The zero-order valence-electron chi connectivity index (χ0n) is 10.3. The summed E-state index contributed by atoms with van der Waals surface area (Å²) < 4.78 is 0. The Morgan fingerprint density at radius 3 is 2.47 bits per heavy atom. The maximum atomic E-state index is 4.25. The maximum Gasteiger partial charge on any atom is 0.0117 e. The van der Waals surface area contributed by atoms with Crippen LogP contribution in [0.5, 0.6) is 0 Å². The summed E-state index contributed by atoms with van der Waals surface area (Å²) in [4.78, 5) is 5.11. The van der Waals surface area contributed by atoms with Crippen LogP contribution in [-0.2, 0) is 0 Å². The van der Waals surface area contributed by atoms with Gasteiger partial charge in [-0.1, -0.05) is 6.92 Å². The largest absolute Gasteiger partial charge is 0.303 e. The van der Waals surface area contributed by atoms with Gasteiger partial charge in [-0.05, 0) is 64.7 Å². The third-order valence-corrected chi connectivity index (χ3v) is 3.86. The van der Waals surface area contributed by atoms with Crippen LogP contribution in [0.3, 0.4) is 0 Å². The van der Waals surface area contributed by atoms with Crippen LogP contribution < -0.4 is 0 Å². The van der Waals surface area contributed by atoms with E-state index in [9.17, 15) is 0 Å². The quantitative estimate of drug-likeness (QED) is 0.551. The molecule has 0 bridgehead atoms. The maximum absolute atomic E-state index is 4.25. The van der Waals surface area contributed by atoms with Gasteiger partial charge in [0.25, 0.3) is 0 Å². The zero-order valence-corrected chi connectivity index (χ0v) is 11.2. The van der Waals surface area contributed by atoms with Gasteiger partial charge in [0.2, 0.25) is 0 Å². The van der Waals surface area contributed by atoms with Gasteiger partial charge in [0.1, 0.15) is 0 Å². The molecule has 0 aromatic carbocycles. The van der Waals surface area contributed by atoms with Gasteiger partial charge in [-0.25, -0.2) is 0 Å². The third-order valence-electron chi connectivity index (χ3n) is 3.55. The number of hydrogen-bond donors (Lipinski definition) is 1. The molecule has 90 valence electrons. The lowest BCUT2D eigenvalue weighted by atomic mass is 10.0. The summed E-state index contributed by atoms with van der Waals surface area (Å²) in [5.41, 5.74) is 0. The number of thiol groups is 1. The van der Waals surface area contributed by atoms with E-state index in [4.69, 9.17) is 0 Å². The minimum Gasteiger partial charge on any atom is -0.303 e. The number of piperidine rings is 1. The number of likely N-dealkylation sites (tertiary alicyclic amines) is 1. The molecule has 0 aliphatic carbocycles. The van der Waals surface area contributed by atoms with Crippen molar-refractivity contribution in [2.75, 3.05) is 39.0 Å². The van der Waals surface area contributed by atoms with E-state index in [0.717, 1.165) is 11.8 Å². The molecule has 0 spiro atoms. The SMILES string of the molecule is CCN1CCC(N(C)CCCCS)CC1. The van der Waals surface area contributed by atoms with Crippen LogP contribution in [0.4, 0.5) is 0 Å². The molecule has 0 unspecified atom stereocenters. The van der Waals surface area contributed by atoms with E-state index < -0.39 is 0 Å². The van der Waals surface area contributed by atoms with Crippen LogP contribution in [0.1, 0.15) is 32.6 Å². The van der Waals surface area contributed by atoms with Gasteiger partial charge in [-0.15, -0.1) is 0 Å². The van der Waals surface area contributed by atoms with Crippen LogP contribution >= 0.6 is 12.6 Å². The molecule has 15 heavy (non-hydrogen) atoms. The van der Waals surface area contributed by atoms with Gasteiger partial charge >= 0.3 is 0 Å². The molecule has 0 aromatic heterocycles. The molecule has 1 aliphatic rings. The topological polar surface area (TPSA) is 6.48 Å². The summed E-state index contributed by atoms with van der Waals surface area (Å²) in [6, 6.07) is 0.827. The first-order chi connectivity index (χ1) is 7.27. The third kappa shape index (κ3) is 4.75. The fraction of sp³-hybridized carbons (Fsp3) is 1.00. The molecule has 0 N–H and O–H groups in total. The Bertz CT molecular complexity index is 156. The zero-order chi connectivity index (χ0) is 11.1. The van der Waals surface area contributed by atoms with Crippen molar-refractivity contribution in [1.29, 1.82) is 0 Å². The second-order valence-corrected chi connectivity index (χ2v) is 5.02. The molecule has 2 nitrogen and oxygen atoms in total. The minimum absolute atomic E-state index is 0.827. The van der Waals surface area contributed by atoms with Crippen molar-refractivity contribution < 1.29 is 0 Å². The van der Waals surface area contributed by atoms with E-state index >= 15 is 0 Å². The van der Waals surface area contributed by atoms with Crippen molar-refractivity contribution in [3.8, 4) is 0 Å². The standard InChI is InChI=1S/C12H26N2S/c1-3-14-9-6-12(7-10-14)13(2)8-4-5-11-15/h12,15H,3-11H2,1-2H3. The lowest BCUT2D eigenvalue weighted by molar-refractivity contribution is 0.130. The fourth-order valence-corrected chi connectivity index (χ4v) is 2.56. The summed E-state index contributed by atoms with van der Waals surface area (Å²) >= 11 is 4.25. The van der Waals surface area contributed by atoms with Crippen molar-refractivity contribution in [2.45, 2.75) is 38.6 Å². The van der Waals surface area contributed by atoms with Crippen molar-refractivity contribution in [1.82, 2.24) is 9.80 Å². The normalized spacial score (nSPS) is 20.0. The van der Waals surface area contributed by atoms with Gasteiger partial charge in [0.05, 0.1) is 0 Å². The Labute approximate surface area is 100 Å². The molecule has 0 radical (unpaired) electrons. The molecule has 0 atom stereocenters. The van der Waals surface area contributed by atoms with E-state index in [-0.39, 0.29) is 0 Å². The van der Waals surface area contributed by atoms with E-state index in [2.05, 4.69) is 36.4 Å². The van der Waals surface area contributed by atoms with E-state index in [1.165, 1.54) is 51.9 Å². The molecule has 0 saturated carbocycles. The second-order valence-electron chi connectivity index (χ2n) is 4.58. The van der Waals surface area contributed by atoms with Crippen LogP contribution in [0.15, 0.2) is 0 Å². The van der Waals surface area contributed by atoms with Gasteiger partial charge < -0.3 is 9.80 Å². The fourth-order valence-electron chi connectivity index (χ4n) is 2.33. The smallest absolute Gasteiger partial charge is 0.0117 e. The molecule has 1 fully saturated rings. The van der Waals surface area contributed by atoms with Crippen LogP contribution in [0.25, 0.3) is 0 Å². The Hall–Kier alpha value is 0.270. The van der Waals surface area contributed by atoms with Crippen molar-refractivity contribution >= 4 is 12.6 Å². The van der Waals surface area contributed by atoms with Gasteiger partial charge in [-0.2, -0.15) is 12.6 Å². The summed E-state index contributed by atoms with van der Waals surface area (Å²) in [5.74, 6) is 1.03. The Morgan fingerprint density at radius 2 is 1.93 bits per heavy atom. The highest BCUT2D eigenvalue weighted by Crippen LogP contribution is 2.15. The van der Waals surface area contributed by atoms with Crippen LogP contribution in [0, 0.1) is 0 Å². The molecule has 1 aliphatic heterocycles. The molecular formula is C12H26N2S. The van der Waals surface area contributed by atoms with Gasteiger partial charge in [0, 0.05) is 6.04 Å². The van der Waals surface area contributed by atoms with Gasteiger partial charge in [0.15, 0.2) is 0 Å². The van der Waals surface area contributed by atoms with E-state index in [1.54, 1.807) is 0 Å². The lowest BCUT2D eigenvalue weighted by Gasteiger charge is -2.36. The van der Waals surface area contributed by atoms with Crippen molar-refractivity contribution in [3.63, 3.8) is 0 Å². The molecule has 1 rings (SSSR count). The predicted molar refractivity (Wildman–Crippen MR) is 70.9 cm³/mol. The highest BCUT2D eigenvalue weighted by Gasteiger charge is 2.20. The molecule has 0 amide bonds. The van der Waals surface area contributed by atoms with Crippen molar-refractivity contribution in [2.24, 2.45) is 0 Å². The average molecular weight is 230 g/mol.